The van der Waals surface area contributed by atoms with Gasteiger partial charge in [0.25, 0.3) is 0 Å². The number of benzene rings is 2. The first-order valence-electron chi connectivity index (χ1n) is 7.48. The van der Waals surface area contributed by atoms with Crippen molar-refractivity contribution in [3.63, 3.8) is 0 Å². The molecule has 1 fully saturated rings. The third-order valence-electron chi connectivity index (χ3n) is 4.32. The molecule has 0 amide bonds. The molecular formula is C19H19N. The van der Waals surface area contributed by atoms with E-state index >= 15 is 0 Å². The monoisotopic (exact) mass is 261 g/mol. The minimum Gasteiger partial charge on any atom is -0.192 e. The normalized spacial score (nSPS) is 15.8. The molecule has 0 aromatic heterocycles. The molecule has 0 unspecified atom stereocenters. The average molecular weight is 261 g/mol. The molecule has 0 heterocycles. The van der Waals surface area contributed by atoms with Gasteiger partial charge in [-0.15, -0.1) is 0 Å². The molecule has 0 N–H and O–H groups in total. The number of nitrogens with zero attached hydrogens (tertiary/aromatic N) is 1. The standard InChI is InChI=1S/C19H19N/c20-14-17-12-7-13-18(15-8-3-1-4-9-15)19(17)16-10-5-2-6-11-16/h2,5-7,10-13,15H,1,3-4,8-9H2. The van der Waals surface area contributed by atoms with Crippen LogP contribution in [0.25, 0.3) is 11.1 Å². The highest BCUT2D eigenvalue weighted by Gasteiger charge is 2.20. The van der Waals surface area contributed by atoms with Gasteiger partial charge < -0.3 is 0 Å². The average Bonchev–Trinajstić information content (AvgIpc) is 2.55. The zero-order chi connectivity index (χ0) is 13.8. The first-order chi connectivity index (χ1) is 9.90. The summed E-state index contributed by atoms with van der Waals surface area (Å²) in [6.45, 7) is 0. The first-order valence-corrected chi connectivity index (χ1v) is 7.48. The molecule has 3 rings (SSSR count). The smallest absolute Gasteiger partial charge is 0.0998 e. The third-order valence-corrected chi connectivity index (χ3v) is 4.32. The predicted octanol–water partition coefficient (Wildman–Crippen LogP) is 5.27. The van der Waals surface area contributed by atoms with Crippen molar-refractivity contribution < 1.29 is 0 Å². The van der Waals surface area contributed by atoms with E-state index in [2.05, 4.69) is 24.3 Å². The van der Waals surface area contributed by atoms with E-state index in [0.717, 1.165) is 11.1 Å². The molecule has 0 saturated heterocycles. The highest BCUT2D eigenvalue weighted by Crippen LogP contribution is 2.39. The van der Waals surface area contributed by atoms with Gasteiger partial charge in [-0.2, -0.15) is 5.26 Å². The molecule has 1 nitrogen and oxygen atoms in total. The molecule has 100 valence electrons. The van der Waals surface area contributed by atoms with Gasteiger partial charge in [-0.05, 0) is 36.0 Å². The Morgan fingerprint density at radius 2 is 1.60 bits per heavy atom. The van der Waals surface area contributed by atoms with Gasteiger partial charge in [-0.25, -0.2) is 0 Å². The van der Waals surface area contributed by atoms with E-state index in [-0.39, 0.29) is 0 Å². The van der Waals surface area contributed by atoms with Crippen LogP contribution in [-0.2, 0) is 0 Å². The number of hydrogen-bond acceptors (Lipinski definition) is 1. The second-order valence-electron chi connectivity index (χ2n) is 5.58. The van der Waals surface area contributed by atoms with Gasteiger partial charge in [-0.1, -0.05) is 61.7 Å². The maximum absolute atomic E-state index is 9.45. The topological polar surface area (TPSA) is 23.8 Å². The van der Waals surface area contributed by atoms with Crippen LogP contribution >= 0.6 is 0 Å². The molecule has 2 aromatic rings. The Morgan fingerprint density at radius 3 is 2.30 bits per heavy atom. The number of hydrogen-bond donors (Lipinski definition) is 0. The third kappa shape index (κ3) is 2.47. The van der Waals surface area contributed by atoms with Crippen molar-refractivity contribution in [2.45, 2.75) is 38.0 Å². The maximum Gasteiger partial charge on any atom is 0.0998 e. The quantitative estimate of drug-likeness (QED) is 0.722. The van der Waals surface area contributed by atoms with Crippen molar-refractivity contribution in [1.29, 1.82) is 5.26 Å². The molecule has 0 bridgehead atoms. The Hall–Kier alpha value is -2.07. The summed E-state index contributed by atoms with van der Waals surface area (Å²) in [6.07, 6.45) is 6.50. The van der Waals surface area contributed by atoms with Crippen LogP contribution in [0, 0.1) is 11.3 Å². The van der Waals surface area contributed by atoms with Crippen LogP contribution in [0.1, 0.15) is 49.1 Å². The number of nitriles is 1. The Balaban J connectivity index is 2.12. The summed E-state index contributed by atoms with van der Waals surface area (Å²) in [7, 11) is 0. The lowest BCUT2D eigenvalue weighted by Gasteiger charge is -2.25. The van der Waals surface area contributed by atoms with Crippen LogP contribution in [0.5, 0.6) is 0 Å². The molecule has 1 saturated carbocycles. The fourth-order valence-electron chi connectivity index (χ4n) is 3.34. The van der Waals surface area contributed by atoms with Crippen LogP contribution in [-0.4, -0.2) is 0 Å². The minimum absolute atomic E-state index is 0.618. The molecule has 0 spiro atoms. The molecule has 2 aromatic carbocycles. The van der Waals surface area contributed by atoms with Crippen LogP contribution in [0.3, 0.4) is 0 Å². The van der Waals surface area contributed by atoms with Crippen molar-refractivity contribution >= 4 is 0 Å². The summed E-state index contributed by atoms with van der Waals surface area (Å²) in [5.41, 5.74) is 4.50. The Labute approximate surface area is 120 Å². The lowest BCUT2D eigenvalue weighted by molar-refractivity contribution is 0.444. The Morgan fingerprint density at radius 1 is 0.850 bits per heavy atom. The van der Waals surface area contributed by atoms with Crippen molar-refractivity contribution in [3.05, 3.63) is 59.7 Å². The van der Waals surface area contributed by atoms with Gasteiger partial charge >= 0.3 is 0 Å². The first kappa shape index (κ1) is 12.9. The van der Waals surface area contributed by atoms with Gasteiger partial charge in [0.15, 0.2) is 0 Å². The summed E-state index contributed by atoms with van der Waals surface area (Å²) in [5.74, 6) is 0.618. The molecule has 0 aliphatic heterocycles. The summed E-state index contributed by atoms with van der Waals surface area (Å²) >= 11 is 0. The van der Waals surface area contributed by atoms with E-state index in [0.29, 0.717) is 5.92 Å². The van der Waals surface area contributed by atoms with Crippen LogP contribution in [0.4, 0.5) is 0 Å². The van der Waals surface area contributed by atoms with Gasteiger partial charge in [-0.3, -0.25) is 0 Å². The van der Waals surface area contributed by atoms with Crippen molar-refractivity contribution in [3.8, 4) is 17.2 Å². The molecule has 1 heteroatoms. The summed E-state index contributed by atoms with van der Waals surface area (Å²) < 4.78 is 0. The molecule has 20 heavy (non-hydrogen) atoms. The molecule has 0 atom stereocenters. The van der Waals surface area contributed by atoms with Gasteiger partial charge in [0.05, 0.1) is 11.6 Å². The molecule has 0 radical (unpaired) electrons. The van der Waals surface area contributed by atoms with E-state index in [1.54, 1.807) is 0 Å². The zero-order valence-electron chi connectivity index (χ0n) is 11.7. The second kappa shape index (κ2) is 5.92. The van der Waals surface area contributed by atoms with Gasteiger partial charge in [0, 0.05) is 5.56 Å². The second-order valence-corrected chi connectivity index (χ2v) is 5.58. The van der Waals surface area contributed by atoms with Crippen LogP contribution < -0.4 is 0 Å². The predicted molar refractivity (Wildman–Crippen MR) is 82.4 cm³/mol. The summed E-state index contributed by atoms with van der Waals surface area (Å²) in [4.78, 5) is 0. The van der Waals surface area contributed by atoms with Crippen molar-refractivity contribution in [2.75, 3.05) is 0 Å². The van der Waals surface area contributed by atoms with E-state index < -0.39 is 0 Å². The van der Waals surface area contributed by atoms with E-state index in [1.165, 1.54) is 43.2 Å². The van der Waals surface area contributed by atoms with Gasteiger partial charge in [0.2, 0.25) is 0 Å². The molecular weight excluding hydrogens is 242 g/mol. The summed E-state index contributed by atoms with van der Waals surface area (Å²) in [6, 6.07) is 18.9. The highest BCUT2D eigenvalue weighted by molar-refractivity contribution is 5.74. The van der Waals surface area contributed by atoms with E-state index in [4.69, 9.17) is 0 Å². The fraction of sp³-hybridized carbons (Fsp3) is 0.316. The molecule has 1 aliphatic rings. The summed E-state index contributed by atoms with van der Waals surface area (Å²) in [5, 5.41) is 9.45. The lowest BCUT2D eigenvalue weighted by atomic mass is 9.79. The Kier molecular flexibility index (Phi) is 3.83. The number of rotatable bonds is 2. The minimum atomic E-state index is 0.618. The Bertz CT molecular complexity index is 616. The van der Waals surface area contributed by atoms with Crippen LogP contribution in [0.2, 0.25) is 0 Å². The van der Waals surface area contributed by atoms with E-state index in [9.17, 15) is 5.26 Å². The van der Waals surface area contributed by atoms with Crippen molar-refractivity contribution in [2.24, 2.45) is 0 Å². The zero-order valence-corrected chi connectivity index (χ0v) is 11.7. The maximum atomic E-state index is 9.45. The lowest BCUT2D eigenvalue weighted by Crippen LogP contribution is -2.07. The highest BCUT2D eigenvalue weighted by atomic mass is 14.3. The van der Waals surface area contributed by atoms with E-state index in [1.807, 2.05) is 30.3 Å². The van der Waals surface area contributed by atoms with Crippen molar-refractivity contribution in [1.82, 2.24) is 0 Å². The SMILES string of the molecule is N#Cc1cccc(C2CCCCC2)c1-c1ccccc1. The molecule has 1 aliphatic carbocycles. The van der Waals surface area contributed by atoms with Crippen LogP contribution in [0.15, 0.2) is 48.5 Å². The van der Waals surface area contributed by atoms with Gasteiger partial charge in [0.1, 0.15) is 0 Å². The largest absolute Gasteiger partial charge is 0.192 e. The fourth-order valence-corrected chi connectivity index (χ4v) is 3.34.